The molecule has 0 aliphatic heterocycles. The van der Waals surface area contributed by atoms with Crippen molar-refractivity contribution in [2.45, 2.75) is 6.92 Å². The Balaban J connectivity index is 2.36. The molecule has 0 unspecified atom stereocenters. The van der Waals surface area contributed by atoms with Gasteiger partial charge in [0.25, 0.3) is 5.69 Å². The molecule has 21 heavy (non-hydrogen) atoms. The molecule has 0 aliphatic carbocycles. The van der Waals surface area contributed by atoms with E-state index in [1.165, 1.54) is 12.1 Å². The molecule has 0 bridgehead atoms. The number of hydrogen-bond donors (Lipinski definition) is 2. The number of aromatic nitrogens is 1. The van der Waals surface area contributed by atoms with Crippen LogP contribution in [0.2, 0.25) is 0 Å². The molecule has 0 amide bonds. The summed E-state index contributed by atoms with van der Waals surface area (Å²) in [5.74, 6) is -0.661. The Morgan fingerprint density at radius 1 is 1.48 bits per heavy atom. The van der Waals surface area contributed by atoms with Gasteiger partial charge in [-0.05, 0) is 41.1 Å². The largest absolute Gasteiger partial charge is 0.478 e. The molecule has 0 aliphatic rings. The second-order valence-corrected chi connectivity index (χ2v) is 4.99. The molecule has 0 saturated carbocycles. The first-order valence-electron chi connectivity index (χ1n) is 5.80. The SMILES string of the molecule is Cc1c([N+](=O)[O-])cnc(Nc2cccc(C(=O)O)c2)c1Br. The Hall–Kier alpha value is -2.48. The molecule has 1 aromatic heterocycles. The highest BCUT2D eigenvalue weighted by atomic mass is 79.9. The molecular weight excluding hydrogens is 342 g/mol. The van der Waals surface area contributed by atoms with Crippen molar-refractivity contribution in [1.29, 1.82) is 0 Å². The van der Waals surface area contributed by atoms with E-state index in [2.05, 4.69) is 26.2 Å². The van der Waals surface area contributed by atoms with Gasteiger partial charge < -0.3 is 10.4 Å². The average Bonchev–Trinajstić information content (AvgIpc) is 2.44. The van der Waals surface area contributed by atoms with Crippen LogP contribution < -0.4 is 5.32 Å². The van der Waals surface area contributed by atoms with Crippen molar-refractivity contribution in [3.8, 4) is 0 Å². The summed E-state index contributed by atoms with van der Waals surface area (Å²) in [5.41, 5.74) is 1.00. The van der Waals surface area contributed by atoms with Gasteiger partial charge in [-0.3, -0.25) is 10.1 Å². The number of carboxylic acids is 1. The van der Waals surface area contributed by atoms with Crippen LogP contribution in [0.5, 0.6) is 0 Å². The summed E-state index contributed by atoms with van der Waals surface area (Å²) in [7, 11) is 0. The summed E-state index contributed by atoms with van der Waals surface area (Å²) in [4.78, 5) is 25.2. The molecule has 1 heterocycles. The number of hydrogen-bond acceptors (Lipinski definition) is 5. The van der Waals surface area contributed by atoms with Crippen LogP contribution in [0.25, 0.3) is 0 Å². The summed E-state index contributed by atoms with van der Waals surface area (Å²) in [5, 5.41) is 22.7. The van der Waals surface area contributed by atoms with Gasteiger partial charge in [0.15, 0.2) is 0 Å². The quantitative estimate of drug-likeness (QED) is 0.644. The van der Waals surface area contributed by atoms with E-state index in [0.717, 1.165) is 6.20 Å². The molecule has 8 heteroatoms. The Morgan fingerprint density at radius 2 is 2.19 bits per heavy atom. The first kappa shape index (κ1) is 14.9. The lowest BCUT2D eigenvalue weighted by atomic mass is 10.2. The summed E-state index contributed by atoms with van der Waals surface area (Å²) in [6.07, 6.45) is 1.16. The number of nitro groups is 1. The van der Waals surface area contributed by atoms with Crippen LogP contribution in [0.1, 0.15) is 15.9 Å². The maximum atomic E-state index is 10.9. The van der Waals surface area contributed by atoms with Crippen molar-refractivity contribution in [1.82, 2.24) is 4.98 Å². The summed E-state index contributed by atoms with van der Waals surface area (Å²) < 4.78 is 0.456. The lowest BCUT2D eigenvalue weighted by molar-refractivity contribution is -0.385. The highest BCUT2D eigenvalue weighted by Crippen LogP contribution is 2.32. The van der Waals surface area contributed by atoms with Crippen molar-refractivity contribution in [2.75, 3.05) is 5.32 Å². The smallest absolute Gasteiger partial charge is 0.335 e. The first-order chi connectivity index (χ1) is 9.90. The zero-order valence-electron chi connectivity index (χ0n) is 10.8. The van der Waals surface area contributed by atoms with Crippen molar-refractivity contribution < 1.29 is 14.8 Å². The van der Waals surface area contributed by atoms with Gasteiger partial charge in [0.05, 0.1) is 15.0 Å². The maximum Gasteiger partial charge on any atom is 0.335 e. The van der Waals surface area contributed by atoms with E-state index in [0.29, 0.717) is 21.5 Å². The molecule has 0 radical (unpaired) electrons. The van der Waals surface area contributed by atoms with Gasteiger partial charge in [0.1, 0.15) is 12.0 Å². The van der Waals surface area contributed by atoms with Gasteiger partial charge in [-0.25, -0.2) is 9.78 Å². The third-order valence-electron chi connectivity index (χ3n) is 2.81. The van der Waals surface area contributed by atoms with Crippen LogP contribution in [-0.2, 0) is 0 Å². The van der Waals surface area contributed by atoms with E-state index in [1.807, 2.05) is 0 Å². The van der Waals surface area contributed by atoms with Crippen LogP contribution in [-0.4, -0.2) is 21.0 Å². The minimum atomic E-state index is -1.04. The van der Waals surface area contributed by atoms with Gasteiger partial charge in [0, 0.05) is 11.3 Å². The lowest BCUT2D eigenvalue weighted by Gasteiger charge is -2.10. The predicted molar refractivity (Wildman–Crippen MR) is 80.0 cm³/mol. The molecule has 2 N–H and O–H groups in total. The fourth-order valence-electron chi connectivity index (χ4n) is 1.71. The number of anilines is 2. The number of nitrogens with zero attached hydrogens (tertiary/aromatic N) is 2. The zero-order valence-corrected chi connectivity index (χ0v) is 12.4. The second kappa shape index (κ2) is 5.88. The van der Waals surface area contributed by atoms with Crippen molar-refractivity contribution in [2.24, 2.45) is 0 Å². The number of benzene rings is 1. The van der Waals surface area contributed by atoms with E-state index in [1.54, 1.807) is 19.1 Å². The standard InChI is InChI=1S/C13H10BrN3O4/c1-7-10(17(20)21)6-15-12(11(7)14)16-9-4-2-3-8(5-9)13(18)19/h2-6H,1H3,(H,15,16)(H,18,19). The number of rotatable bonds is 4. The summed E-state index contributed by atoms with van der Waals surface area (Å²) in [6, 6.07) is 6.19. The van der Waals surface area contributed by atoms with Crippen LogP contribution in [0.3, 0.4) is 0 Å². The Morgan fingerprint density at radius 3 is 2.81 bits per heavy atom. The van der Waals surface area contributed by atoms with E-state index < -0.39 is 10.9 Å². The Bertz CT molecular complexity index is 733. The molecule has 2 rings (SSSR count). The first-order valence-corrected chi connectivity index (χ1v) is 6.59. The highest BCUT2D eigenvalue weighted by molar-refractivity contribution is 9.10. The molecular formula is C13H10BrN3O4. The molecule has 0 spiro atoms. The molecule has 1 aromatic carbocycles. The number of carbonyl (C=O) groups is 1. The summed E-state index contributed by atoms with van der Waals surface area (Å²) >= 11 is 3.26. The lowest BCUT2D eigenvalue weighted by Crippen LogP contribution is -2.01. The zero-order chi connectivity index (χ0) is 15.6. The number of halogens is 1. The van der Waals surface area contributed by atoms with Gasteiger partial charge in [-0.1, -0.05) is 6.07 Å². The Labute approximate surface area is 127 Å². The molecule has 0 atom stereocenters. The highest BCUT2D eigenvalue weighted by Gasteiger charge is 2.17. The van der Waals surface area contributed by atoms with E-state index in [9.17, 15) is 14.9 Å². The van der Waals surface area contributed by atoms with E-state index in [4.69, 9.17) is 5.11 Å². The fraction of sp³-hybridized carbons (Fsp3) is 0.0769. The average molecular weight is 352 g/mol. The van der Waals surface area contributed by atoms with Gasteiger partial charge in [-0.15, -0.1) is 0 Å². The molecule has 0 saturated heterocycles. The van der Waals surface area contributed by atoms with Crippen molar-refractivity contribution in [3.63, 3.8) is 0 Å². The number of carboxylic acid groups (broad SMARTS) is 1. The van der Waals surface area contributed by atoms with Crippen molar-refractivity contribution >= 4 is 39.1 Å². The summed E-state index contributed by atoms with van der Waals surface area (Å²) in [6.45, 7) is 1.60. The minimum absolute atomic E-state index is 0.0910. The monoisotopic (exact) mass is 351 g/mol. The normalized spacial score (nSPS) is 10.2. The Kier molecular flexibility index (Phi) is 4.18. The van der Waals surface area contributed by atoms with Crippen LogP contribution >= 0.6 is 15.9 Å². The molecule has 7 nitrogen and oxygen atoms in total. The third-order valence-corrected chi connectivity index (χ3v) is 3.78. The van der Waals surface area contributed by atoms with Crippen LogP contribution in [0, 0.1) is 17.0 Å². The van der Waals surface area contributed by atoms with E-state index >= 15 is 0 Å². The number of pyridine rings is 1. The second-order valence-electron chi connectivity index (χ2n) is 4.20. The maximum absolute atomic E-state index is 10.9. The molecule has 2 aromatic rings. The topological polar surface area (TPSA) is 105 Å². The van der Waals surface area contributed by atoms with Crippen LogP contribution in [0.4, 0.5) is 17.2 Å². The number of aromatic carboxylic acids is 1. The van der Waals surface area contributed by atoms with Gasteiger partial charge >= 0.3 is 5.97 Å². The molecule has 0 fully saturated rings. The number of nitrogens with one attached hydrogen (secondary N) is 1. The third kappa shape index (κ3) is 3.16. The van der Waals surface area contributed by atoms with Crippen LogP contribution in [0.15, 0.2) is 34.9 Å². The van der Waals surface area contributed by atoms with E-state index in [-0.39, 0.29) is 11.3 Å². The molecule has 108 valence electrons. The minimum Gasteiger partial charge on any atom is -0.478 e. The fourth-order valence-corrected chi connectivity index (χ4v) is 2.11. The predicted octanol–water partition coefficient (Wildman–Crippen LogP) is 3.50. The van der Waals surface area contributed by atoms with Gasteiger partial charge in [0.2, 0.25) is 0 Å². The van der Waals surface area contributed by atoms with Gasteiger partial charge in [-0.2, -0.15) is 0 Å². The van der Waals surface area contributed by atoms with Crippen molar-refractivity contribution in [3.05, 3.63) is 56.2 Å².